The Hall–Kier alpha value is -0.940. The molecule has 4 nitrogen and oxygen atoms in total. The van der Waals surface area contributed by atoms with Crippen LogP contribution < -0.4 is 11.1 Å². The number of carbonyl (C=O) groups excluding carboxylic acids is 1. The molecule has 1 rings (SSSR count). The van der Waals surface area contributed by atoms with E-state index in [0.717, 1.165) is 5.01 Å². The summed E-state index contributed by atoms with van der Waals surface area (Å²) in [5, 5.41) is 5.73. The SMILES string of the molecule is CC(C)(NC(=O)[C@H](N)C(C)(C)C)c1nccs1. The van der Waals surface area contributed by atoms with Crippen LogP contribution in [0.2, 0.25) is 0 Å². The van der Waals surface area contributed by atoms with Crippen LogP contribution in [-0.4, -0.2) is 16.9 Å². The Morgan fingerprint density at radius 2 is 2.00 bits per heavy atom. The maximum Gasteiger partial charge on any atom is 0.238 e. The molecule has 0 fully saturated rings. The average molecular weight is 255 g/mol. The van der Waals surface area contributed by atoms with Gasteiger partial charge in [-0.25, -0.2) is 4.98 Å². The third kappa shape index (κ3) is 3.51. The van der Waals surface area contributed by atoms with Crippen molar-refractivity contribution in [1.29, 1.82) is 0 Å². The summed E-state index contributed by atoms with van der Waals surface area (Å²) in [6, 6.07) is -0.526. The summed E-state index contributed by atoms with van der Waals surface area (Å²) in [6.07, 6.45) is 1.73. The zero-order valence-electron chi connectivity index (χ0n) is 11.1. The molecule has 1 heterocycles. The van der Waals surface area contributed by atoms with E-state index in [1.807, 2.05) is 40.0 Å². The number of rotatable bonds is 3. The van der Waals surface area contributed by atoms with Gasteiger partial charge < -0.3 is 11.1 Å². The minimum Gasteiger partial charge on any atom is -0.343 e. The van der Waals surface area contributed by atoms with Gasteiger partial charge in [-0.3, -0.25) is 4.79 Å². The van der Waals surface area contributed by atoms with E-state index in [4.69, 9.17) is 5.73 Å². The molecule has 0 aromatic carbocycles. The number of aromatic nitrogens is 1. The lowest BCUT2D eigenvalue weighted by Crippen LogP contribution is -2.53. The first-order valence-corrected chi connectivity index (χ1v) is 6.50. The minimum atomic E-state index is -0.526. The van der Waals surface area contributed by atoms with Gasteiger partial charge in [-0.15, -0.1) is 11.3 Å². The van der Waals surface area contributed by atoms with Crippen molar-refractivity contribution in [2.75, 3.05) is 0 Å². The lowest BCUT2D eigenvalue weighted by molar-refractivity contribution is -0.126. The highest BCUT2D eigenvalue weighted by Crippen LogP contribution is 2.24. The number of nitrogens with two attached hydrogens (primary N) is 1. The Morgan fingerprint density at radius 3 is 2.41 bits per heavy atom. The molecule has 96 valence electrons. The van der Waals surface area contributed by atoms with Crippen LogP contribution in [0.5, 0.6) is 0 Å². The Morgan fingerprint density at radius 1 is 1.41 bits per heavy atom. The molecule has 1 aromatic rings. The van der Waals surface area contributed by atoms with Crippen molar-refractivity contribution in [3.05, 3.63) is 16.6 Å². The van der Waals surface area contributed by atoms with Crippen molar-refractivity contribution in [2.45, 2.75) is 46.2 Å². The number of nitrogens with one attached hydrogen (secondary N) is 1. The second kappa shape index (κ2) is 4.74. The molecule has 0 unspecified atom stereocenters. The summed E-state index contributed by atoms with van der Waals surface area (Å²) < 4.78 is 0. The predicted molar refractivity (Wildman–Crippen MR) is 70.7 cm³/mol. The smallest absolute Gasteiger partial charge is 0.238 e. The summed E-state index contributed by atoms with van der Waals surface area (Å²) in [7, 11) is 0. The van der Waals surface area contributed by atoms with E-state index in [-0.39, 0.29) is 11.3 Å². The van der Waals surface area contributed by atoms with Crippen molar-refractivity contribution >= 4 is 17.2 Å². The highest BCUT2D eigenvalue weighted by Gasteiger charge is 2.32. The fourth-order valence-electron chi connectivity index (χ4n) is 1.36. The number of carbonyl (C=O) groups is 1. The molecular formula is C12H21N3OS. The summed E-state index contributed by atoms with van der Waals surface area (Å²) >= 11 is 1.52. The molecule has 0 saturated heterocycles. The monoisotopic (exact) mass is 255 g/mol. The van der Waals surface area contributed by atoms with Crippen molar-refractivity contribution in [3.63, 3.8) is 0 Å². The van der Waals surface area contributed by atoms with Gasteiger partial charge in [0.15, 0.2) is 0 Å². The van der Waals surface area contributed by atoms with E-state index in [0.29, 0.717) is 0 Å². The van der Waals surface area contributed by atoms with Gasteiger partial charge in [0.2, 0.25) is 5.91 Å². The molecular weight excluding hydrogens is 234 g/mol. The molecule has 17 heavy (non-hydrogen) atoms. The predicted octanol–water partition coefficient (Wildman–Crippen LogP) is 1.87. The first-order chi connectivity index (χ1) is 7.64. The first-order valence-electron chi connectivity index (χ1n) is 5.62. The topological polar surface area (TPSA) is 68.0 Å². The lowest BCUT2D eigenvalue weighted by Gasteiger charge is -2.31. The maximum atomic E-state index is 12.0. The standard InChI is InChI=1S/C12H21N3OS/c1-11(2,3)8(13)9(16)15-12(4,5)10-14-6-7-17-10/h6-8H,13H2,1-5H3,(H,15,16)/t8-/m0/s1. The zero-order chi connectivity index (χ0) is 13.3. The van der Waals surface area contributed by atoms with Crippen LogP contribution in [0.1, 0.15) is 39.6 Å². The molecule has 5 heteroatoms. The number of amides is 1. The van der Waals surface area contributed by atoms with E-state index in [1.165, 1.54) is 11.3 Å². The lowest BCUT2D eigenvalue weighted by atomic mass is 9.86. The number of hydrogen-bond donors (Lipinski definition) is 2. The number of thiazole rings is 1. The number of nitrogens with zero attached hydrogens (tertiary/aromatic N) is 1. The van der Waals surface area contributed by atoms with E-state index < -0.39 is 11.6 Å². The van der Waals surface area contributed by atoms with Crippen LogP contribution in [-0.2, 0) is 10.3 Å². The van der Waals surface area contributed by atoms with Crippen LogP contribution in [0.25, 0.3) is 0 Å². The van der Waals surface area contributed by atoms with Crippen LogP contribution in [0.15, 0.2) is 11.6 Å². The summed E-state index contributed by atoms with van der Waals surface area (Å²) in [4.78, 5) is 16.3. The fraction of sp³-hybridized carbons (Fsp3) is 0.667. The van der Waals surface area contributed by atoms with Gasteiger partial charge in [0, 0.05) is 11.6 Å². The van der Waals surface area contributed by atoms with Crippen molar-refractivity contribution in [3.8, 4) is 0 Å². The molecule has 0 aliphatic carbocycles. The van der Waals surface area contributed by atoms with Gasteiger partial charge >= 0.3 is 0 Å². The van der Waals surface area contributed by atoms with Gasteiger partial charge in [0.25, 0.3) is 0 Å². The third-order valence-electron chi connectivity index (χ3n) is 2.62. The van der Waals surface area contributed by atoms with Crippen molar-refractivity contribution in [2.24, 2.45) is 11.1 Å². The van der Waals surface area contributed by atoms with Gasteiger partial charge in [0.1, 0.15) is 5.01 Å². The summed E-state index contributed by atoms with van der Waals surface area (Å²) in [6.45, 7) is 9.72. The number of hydrogen-bond acceptors (Lipinski definition) is 4. The fourth-order valence-corrected chi connectivity index (χ4v) is 2.08. The van der Waals surface area contributed by atoms with E-state index in [1.54, 1.807) is 6.20 Å². The van der Waals surface area contributed by atoms with E-state index >= 15 is 0 Å². The zero-order valence-corrected chi connectivity index (χ0v) is 11.9. The Kier molecular flexibility index (Phi) is 3.94. The van der Waals surface area contributed by atoms with Gasteiger partial charge in [0.05, 0.1) is 11.6 Å². The molecule has 3 N–H and O–H groups in total. The van der Waals surface area contributed by atoms with Crippen LogP contribution in [0, 0.1) is 5.41 Å². The Balaban J connectivity index is 2.75. The molecule has 0 saturated carbocycles. The molecule has 0 aliphatic rings. The quantitative estimate of drug-likeness (QED) is 0.866. The van der Waals surface area contributed by atoms with Gasteiger partial charge in [-0.2, -0.15) is 0 Å². The van der Waals surface area contributed by atoms with Crippen LogP contribution in [0.3, 0.4) is 0 Å². The first kappa shape index (κ1) is 14.1. The summed E-state index contributed by atoms with van der Waals surface area (Å²) in [5.41, 5.74) is 5.20. The molecule has 1 atom stereocenters. The van der Waals surface area contributed by atoms with E-state index in [9.17, 15) is 4.79 Å². The minimum absolute atomic E-state index is 0.141. The normalized spacial score (nSPS) is 14.5. The maximum absolute atomic E-state index is 12.0. The second-order valence-electron chi connectivity index (χ2n) is 5.80. The summed E-state index contributed by atoms with van der Waals surface area (Å²) in [5.74, 6) is -0.141. The second-order valence-corrected chi connectivity index (χ2v) is 6.69. The molecule has 0 aliphatic heterocycles. The van der Waals surface area contributed by atoms with Crippen molar-refractivity contribution < 1.29 is 4.79 Å². The average Bonchev–Trinajstić information content (AvgIpc) is 2.67. The van der Waals surface area contributed by atoms with Crippen LogP contribution >= 0.6 is 11.3 Å². The third-order valence-corrected chi connectivity index (χ3v) is 3.71. The largest absolute Gasteiger partial charge is 0.343 e. The molecule has 0 radical (unpaired) electrons. The van der Waals surface area contributed by atoms with E-state index in [2.05, 4.69) is 10.3 Å². The molecule has 1 aromatic heterocycles. The Bertz CT molecular complexity index is 379. The Labute approximate surface area is 107 Å². The van der Waals surface area contributed by atoms with Gasteiger partial charge in [-0.05, 0) is 19.3 Å². The van der Waals surface area contributed by atoms with Crippen LogP contribution in [0.4, 0.5) is 0 Å². The van der Waals surface area contributed by atoms with Crippen molar-refractivity contribution in [1.82, 2.24) is 10.3 Å². The van der Waals surface area contributed by atoms with Gasteiger partial charge in [-0.1, -0.05) is 20.8 Å². The molecule has 0 bridgehead atoms. The highest BCUT2D eigenvalue weighted by molar-refractivity contribution is 7.09. The molecule has 0 spiro atoms. The highest BCUT2D eigenvalue weighted by atomic mass is 32.1. The molecule has 1 amide bonds.